The van der Waals surface area contributed by atoms with E-state index < -0.39 is 5.97 Å². The Balaban J connectivity index is 1.11. The standard InChI is InChI=1S/C21H24N2O3S2/c24-18(22-12-21-7-13-4-14(8-21)6-15(5-13)9-21)10-26-20(25)16-11-28-19(23-16)17-2-1-3-27-17/h1-3,11,13-15H,4-10,12H2,(H,22,24). The Hall–Kier alpha value is -1.73. The minimum atomic E-state index is -0.538. The highest BCUT2D eigenvalue weighted by Crippen LogP contribution is 2.59. The van der Waals surface area contributed by atoms with E-state index >= 15 is 0 Å². The maximum atomic E-state index is 12.3. The number of ether oxygens (including phenoxy) is 1. The molecule has 4 fully saturated rings. The number of nitrogens with one attached hydrogen (secondary N) is 1. The van der Waals surface area contributed by atoms with Crippen LogP contribution in [0.5, 0.6) is 0 Å². The van der Waals surface area contributed by atoms with Crippen molar-refractivity contribution in [2.45, 2.75) is 38.5 Å². The second-order valence-electron chi connectivity index (χ2n) is 8.79. The Morgan fingerprint density at radius 2 is 1.86 bits per heavy atom. The first-order valence-electron chi connectivity index (χ1n) is 10.0. The minimum Gasteiger partial charge on any atom is -0.451 e. The third kappa shape index (κ3) is 3.62. The lowest BCUT2D eigenvalue weighted by Crippen LogP contribution is -2.51. The number of hydrogen-bond acceptors (Lipinski definition) is 6. The van der Waals surface area contributed by atoms with Gasteiger partial charge in [0.25, 0.3) is 5.91 Å². The van der Waals surface area contributed by atoms with E-state index in [0.717, 1.165) is 34.2 Å². The van der Waals surface area contributed by atoms with Crippen LogP contribution in [-0.4, -0.2) is 30.0 Å². The molecule has 4 aliphatic rings. The van der Waals surface area contributed by atoms with Gasteiger partial charge in [-0.05, 0) is 73.1 Å². The molecule has 4 bridgehead atoms. The number of esters is 1. The molecule has 5 nitrogen and oxygen atoms in total. The topological polar surface area (TPSA) is 68.3 Å². The van der Waals surface area contributed by atoms with Crippen LogP contribution in [0, 0.1) is 23.2 Å². The van der Waals surface area contributed by atoms with E-state index in [-0.39, 0.29) is 18.2 Å². The molecule has 2 aromatic rings. The number of rotatable bonds is 6. The van der Waals surface area contributed by atoms with Gasteiger partial charge in [0.1, 0.15) is 5.01 Å². The lowest BCUT2D eigenvalue weighted by molar-refractivity contribution is -0.126. The molecule has 2 heterocycles. The Labute approximate surface area is 172 Å². The summed E-state index contributed by atoms with van der Waals surface area (Å²) in [5.41, 5.74) is 0.557. The van der Waals surface area contributed by atoms with Gasteiger partial charge in [0.05, 0.1) is 4.88 Å². The van der Waals surface area contributed by atoms with Crippen molar-refractivity contribution in [3.05, 3.63) is 28.6 Å². The van der Waals surface area contributed by atoms with E-state index in [1.165, 1.54) is 49.9 Å². The molecule has 0 saturated heterocycles. The molecule has 2 aromatic heterocycles. The molecule has 0 unspecified atom stereocenters. The number of thiophene rings is 1. The van der Waals surface area contributed by atoms with Crippen molar-refractivity contribution >= 4 is 34.6 Å². The summed E-state index contributed by atoms with van der Waals surface area (Å²) in [7, 11) is 0. The van der Waals surface area contributed by atoms with E-state index in [4.69, 9.17) is 4.74 Å². The van der Waals surface area contributed by atoms with E-state index in [1.54, 1.807) is 16.7 Å². The molecule has 6 rings (SSSR count). The SMILES string of the molecule is O=C(COC(=O)c1csc(-c2cccs2)n1)NCC12CC3CC(CC(C3)C1)C2. The number of amides is 1. The van der Waals surface area contributed by atoms with Crippen LogP contribution in [0.25, 0.3) is 9.88 Å². The monoisotopic (exact) mass is 416 g/mol. The minimum absolute atomic E-state index is 0.210. The van der Waals surface area contributed by atoms with Gasteiger partial charge in [0, 0.05) is 11.9 Å². The number of hydrogen-bond donors (Lipinski definition) is 1. The van der Waals surface area contributed by atoms with E-state index in [9.17, 15) is 9.59 Å². The number of thiazole rings is 1. The summed E-state index contributed by atoms with van der Waals surface area (Å²) in [4.78, 5) is 29.8. The van der Waals surface area contributed by atoms with Gasteiger partial charge >= 0.3 is 5.97 Å². The highest BCUT2D eigenvalue weighted by atomic mass is 32.1. The zero-order valence-electron chi connectivity index (χ0n) is 15.7. The van der Waals surface area contributed by atoms with Gasteiger partial charge in [-0.25, -0.2) is 9.78 Å². The fourth-order valence-corrected chi connectivity index (χ4v) is 7.53. The maximum Gasteiger partial charge on any atom is 0.358 e. The normalized spacial score (nSPS) is 30.4. The van der Waals surface area contributed by atoms with Crippen LogP contribution < -0.4 is 5.32 Å². The summed E-state index contributed by atoms with van der Waals surface area (Å²) in [6.45, 7) is 0.489. The van der Waals surface area contributed by atoms with E-state index in [2.05, 4.69) is 10.3 Å². The van der Waals surface area contributed by atoms with Crippen LogP contribution in [0.2, 0.25) is 0 Å². The van der Waals surface area contributed by atoms with Gasteiger partial charge in [-0.2, -0.15) is 0 Å². The maximum absolute atomic E-state index is 12.3. The van der Waals surface area contributed by atoms with Crippen LogP contribution in [-0.2, 0) is 9.53 Å². The summed E-state index contributed by atoms with van der Waals surface area (Å²) in [5.74, 6) is 1.84. The second kappa shape index (κ2) is 7.26. The fourth-order valence-electron chi connectivity index (χ4n) is 5.93. The van der Waals surface area contributed by atoms with Gasteiger partial charge in [0.2, 0.25) is 0 Å². The zero-order chi connectivity index (χ0) is 19.1. The molecule has 7 heteroatoms. The molecule has 0 spiro atoms. The highest BCUT2D eigenvalue weighted by molar-refractivity contribution is 7.20. The average Bonchev–Trinajstić information content (AvgIpc) is 3.34. The molecule has 1 amide bonds. The lowest BCUT2D eigenvalue weighted by atomic mass is 9.49. The smallest absolute Gasteiger partial charge is 0.358 e. The van der Waals surface area contributed by atoms with Gasteiger partial charge in [-0.3, -0.25) is 4.79 Å². The molecule has 1 N–H and O–H groups in total. The molecule has 4 aliphatic carbocycles. The second-order valence-corrected chi connectivity index (χ2v) is 10.6. The van der Waals surface area contributed by atoms with Crippen molar-refractivity contribution in [1.82, 2.24) is 10.3 Å². The van der Waals surface area contributed by atoms with Crippen molar-refractivity contribution in [1.29, 1.82) is 0 Å². The van der Waals surface area contributed by atoms with E-state index in [1.807, 2.05) is 17.5 Å². The van der Waals surface area contributed by atoms with Crippen molar-refractivity contribution in [3.63, 3.8) is 0 Å². The fraction of sp³-hybridized carbons (Fsp3) is 0.571. The summed E-state index contributed by atoms with van der Waals surface area (Å²) in [6, 6.07) is 3.92. The molecule has 28 heavy (non-hydrogen) atoms. The first kappa shape index (κ1) is 18.3. The lowest BCUT2D eigenvalue weighted by Gasteiger charge is -2.56. The molecule has 0 aromatic carbocycles. The molecular formula is C21H24N2O3S2. The largest absolute Gasteiger partial charge is 0.451 e. The molecule has 0 atom stereocenters. The Kier molecular flexibility index (Phi) is 4.75. The number of carbonyl (C=O) groups excluding carboxylic acids is 2. The highest BCUT2D eigenvalue weighted by Gasteiger charge is 2.50. The van der Waals surface area contributed by atoms with Crippen molar-refractivity contribution in [2.75, 3.05) is 13.2 Å². The molecule has 148 valence electrons. The van der Waals surface area contributed by atoms with Crippen molar-refractivity contribution in [2.24, 2.45) is 23.2 Å². The summed E-state index contributed by atoms with van der Waals surface area (Å²) in [5, 5.41) is 7.50. The zero-order valence-corrected chi connectivity index (χ0v) is 17.3. The van der Waals surface area contributed by atoms with E-state index in [0.29, 0.717) is 5.41 Å². The van der Waals surface area contributed by atoms with Gasteiger partial charge in [-0.1, -0.05) is 6.07 Å². The first-order valence-corrected chi connectivity index (χ1v) is 11.8. The predicted molar refractivity (Wildman–Crippen MR) is 109 cm³/mol. The summed E-state index contributed by atoms with van der Waals surface area (Å²) >= 11 is 2.99. The summed E-state index contributed by atoms with van der Waals surface area (Å²) < 4.78 is 5.19. The van der Waals surface area contributed by atoms with Crippen LogP contribution in [0.15, 0.2) is 22.9 Å². The third-order valence-electron chi connectivity index (χ3n) is 6.61. The molecule has 4 saturated carbocycles. The van der Waals surface area contributed by atoms with Crippen LogP contribution in [0.3, 0.4) is 0 Å². The predicted octanol–water partition coefficient (Wildman–Crippen LogP) is 4.36. The number of aromatic nitrogens is 1. The number of nitrogens with zero attached hydrogens (tertiary/aromatic N) is 1. The Morgan fingerprint density at radius 1 is 1.14 bits per heavy atom. The van der Waals surface area contributed by atoms with Crippen LogP contribution >= 0.6 is 22.7 Å². The van der Waals surface area contributed by atoms with Gasteiger partial charge in [-0.15, -0.1) is 22.7 Å². The van der Waals surface area contributed by atoms with Crippen LogP contribution in [0.1, 0.15) is 49.0 Å². The van der Waals surface area contributed by atoms with Gasteiger partial charge in [0.15, 0.2) is 12.3 Å². The van der Waals surface area contributed by atoms with Crippen molar-refractivity contribution < 1.29 is 14.3 Å². The number of carbonyl (C=O) groups is 2. The molecule has 0 radical (unpaired) electrons. The third-order valence-corrected chi connectivity index (χ3v) is 8.49. The quantitative estimate of drug-likeness (QED) is 0.711. The van der Waals surface area contributed by atoms with Crippen molar-refractivity contribution in [3.8, 4) is 9.88 Å². The molecular weight excluding hydrogens is 392 g/mol. The summed E-state index contributed by atoms with van der Waals surface area (Å²) in [6.07, 6.45) is 7.94. The molecule has 0 aliphatic heterocycles. The first-order chi connectivity index (χ1) is 13.6. The average molecular weight is 417 g/mol. The Bertz CT molecular complexity index is 839. The Morgan fingerprint density at radius 3 is 2.50 bits per heavy atom. The van der Waals surface area contributed by atoms with Crippen LogP contribution in [0.4, 0.5) is 0 Å². The van der Waals surface area contributed by atoms with Gasteiger partial charge < -0.3 is 10.1 Å².